The maximum atomic E-state index is 12.2. The van der Waals surface area contributed by atoms with Crippen LogP contribution in [0.4, 0.5) is 18.3 Å². The molecule has 1 N–H and O–H groups in total. The minimum absolute atomic E-state index is 0.157. The lowest BCUT2D eigenvalue weighted by Gasteiger charge is -2.03. The van der Waals surface area contributed by atoms with E-state index in [1.807, 2.05) is 0 Å². The Hall–Kier alpha value is -0.850. The van der Waals surface area contributed by atoms with Crippen molar-refractivity contribution in [2.24, 2.45) is 5.41 Å². The molecule has 0 amide bonds. The molecular weight excluding hydrogens is 227 g/mol. The highest BCUT2D eigenvalue weighted by atomic mass is 32.1. The third kappa shape index (κ3) is 2.22. The number of anilines is 1. The largest absolute Gasteiger partial charge is 0.452 e. The summed E-state index contributed by atoms with van der Waals surface area (Å²) in [5.41, 5.74) is 0.157. The number of alkyl halides is 3. The van der Waals surface area contributed by atoms with E-state index in [4.69, 9.17) is 0 Å². The Morgan fingerprint density at radius 1 is 1.47 bits per heavy atom. The van der Waals surface area contributed by atoms with Crippen LogP contribution < -0.4 is 5.32 Å². The molecule has 1 aromatic heterocycles. The minimum atomic E-state index is -4.45. The van der Waals surface area contributed by atoms with Crippen LogP contribution in [0.25, 0.3) is 0 Å². The van der Waals surface area contributed by atoms with Gasteiger partial charge in [0.15, 0.2) is 0 Å². The Kier molecular flexibility index (Phi) is 2.18. The van der Waals surface area contributed by atoms with Gasteiger partial charge in [0, 0.05) is 17.6 Å². The van der Waals surface area contributed by atoms with Gasteiger partial charge in [0.2, 0.25) is 11.0 Å². The SMILES string of the molecule is CC1(C)CC1Nc1nc(C(F)(F)F)ns1. The van der Waals surface area contributed by atoms with Crippen LogP contribution in [0, 0.1) is 5.41 Å². The maximum Gasteiger partial charge on any atom is 0.452 e. The molecule has 0 aliphatic heterocycles. The topological polar surface area (TPSA) is 37.8 Å². The van der Waals surface area contributed by atoms with E-state index in [0.717, 1.165) is 18.0 Å². The summed E-state index contributed by atoms with van der Waals surface area (Å²) in [6, 6.07) is 0.214. The number of aromatic nitrogens is 2. The van der Waals surface area contributed by atoms with E-state index in [0.29, 0.717) is 0 Å². The van der Waals surface area contributed by atoms with Crippen LogP contribution in [-0.2, 0) is 6.18 Å². The first kappa shape index (κ1) is 10.7. The zero-order chi connectivity index (χ0) is 11.3. The molecule has 0 radical (unpaired) electrons. The van der Waals surface area contributed by atoms with Gasteiger partial charge in [-0.05, 0) is 11.8 Å². The predicted molar refractivity (Wildman–Crippen MR) is 50.7 cm³/mol. The average molecular weight is 237 g/mol. The monoisotopic (exact) mass is 237 g/mol. The van der Waals surface area contributed by atoms with Crippen molar-refractivity contribution < 1.29 is 13.2 Å². The summed E-state index contributed by atoms with van der Waals surface area (Å²) in [5, 5.41) is 3.19. The zero-order valence-electron chi connectivity index (χ0n) is 8.22. The third-order valence-electron chi connectivity index (χ3n) is 2.49. The quantitative estimate of drug-likeness (QED) is 0.859. The van der Waals surface area contributed by atoms with Gasteiger partial charge in [-0.3, -0.25) is 0 Å². The van der Waals surface area contributed by atoms with Gasteiger partial charge in [0.1, 0.15) is 0 Å². The lowest BCUT2D eigenvalue weighted by Crippen LogP contribution is -2.10. The third-order valence-corrected chi connectivity index (χ3v) is 3.14. The normalized spacial score (nSPS) is 23.9. The molecule has 84 valence electrons. The van der Waals surface area contributed by atoms with Crippen LogP contribution in [0.3, 0.4) is 0 Å². The lowest BCUT2D eigenvalue weighted by atomic mass is 10.2. The number of nitrogens with one attached hydrogen (secondary N) is 1. The van der Waals surface area contributed by atoms with Gasteiger partial charge >= 0.3 is 6.18 Å². The van der Waals surface area contributed by atoms with Gasteiger partial charge in [-0.15, -0.1) is 0 Å². The van der Waals surface area contributed by atoms with Crippen molar-refractivity contribution in [3.63, 3.8) is 0 Å². The summed E-state index contributed by atoms with van der Waals surface area (Å²) >= 11 is 0.753. The standard InChI is InChI=1S/C8H10F3N3S/c1-7(2)3-4(7)12-6-13-5(14-15-6)8(9,10)11/h4H,3H2,1-2H3,(H,12,13,14). The molecule has 7 heteroatoms. The summed E-state index contributed by atoms with van der Waals surface area (Å²) in [7, 11) is 0. The average Bonchev–Trinajstić information content (AvgIpc) is 2.51. The molecule has 0 saturated heterocycles. The fourth-order valence-corrected chi connectivity index (χ4v) is 1.90. The summed E-state index contributed by atoms with van der Waals surface area (Å²) in [4.78, 5) is 3.40. The second kappa shape index (κ2) is 3.07. The fraction of sp³-hybridized carbons (Fsp3) is 0.750. The van der Waals surface area contributed by atoms with Crippen LogP contribution in [-0.4, -0.2) is 15.4 Å². The van der Waals surface area contributed by atoms with Crippen molar-refractivity contribution in [1.29, 1.82) is 0 Å². The molecule has 1 aliphatic rings. The number of hydrogen-bond acceptors (Lipinski definition) is 4. The molecule has 1 atom stereocenters. The molecule has 1 aliphatic carbocycles. The zero-order valence-corrected chi connectivity index (χ0v) is 9.04. The van der Waals surface area contributed by atoms with Gasteiger partial charge in [-0.25, -0.2) is 0 Å². The van der Waals surface area contributed by atoms with E-state index in [1.165, 1.54) is 0 Å². The van der Waals surface area contributed by atoms with Crippen molar-refractivity contribution in [2.45, 2.75) is 32.5 Å². The minimum Gasteiger partial charge on any atom is -0.357 e. The van der Waals surface area contributed by atoms with Gasteiger partial charge in [0.25, 0.3) is 0 Å². The first-order valence-electron chi connectivity index (χ1n) is 4.46. The second-order valence-electron chi connectivity index (χ2n) is 4.31. The summed E-state index contributed by atoms with van der Waals surface area (Å²) in [6.07, 6.45) is -3.50. The summed E-state index contributed by atoms with van der Waals surface area (Å²) < 4.78 is 39.7. The molecule has 1 heterocycles. The molecule has 1 aromatic rings. The van der Waals surface area contributed by atoms with Crippen molar-refractivity contribution in [1.82, 2.24) is 9.36 Å². The molecule has 1 unspecified atom stereocenters. The van der Waals surface area contributed by atoms with Crippen molar-refractivity contribution >= 4 is 16.7 Å². The van der Waals surface area contributed by atoms with Gasteiger partial charge < -0.3 is 5.32 Å². The number of halogens is 3. The Bertz CT molecular complexity index is 371. The molecule has 3 nitrogen and oxygen atoms in total. The van der Waals surface area contributed by atoms with Gasteiger partial charge in [0.05, 0.1) is 0 Å². The number of rotatable bonds is 2. The van der Waals surface area contributed by atoms with Gasteiger partial charge in [-0.2, -0.15) is 22.5 Å². The van der Waals surface area contributed by atoms with Crippen LogP contribution in [0.2, 0.25) is 0 Å². The molecule has 0 aromatic carbocycles. The van der Waals surface area contributed by atoms with Crippen LogP contribution in [0.15, 0.2) is 0 Å². The van der Waals surface area contributed by atoms with E-state index >= 15 is 0 Å². The first-order valence-corrected chi connectivity index (χ1v) is 5.24. The lowest BCUT2D eigenvalue weighted by molar-refractivity contribution is -0.144. The van der Waals surface area contributed by atoms with Crippen LogP contribution in [0.5, 0.6) is 0 Å². The van der Waals surface area contributed by atoms with Crippen LogP contribution in [0.1, 0.15) is 26.1 Å². The molecule has 1 saturated carbocycles. The van der Waals surface area contributed by atoms with Gasteiger partial charge in [-0.1, -0.05) is 13.8 Å². The Labute approximate surface area is 88.9 Å². The van der Waals surface area contributed by atoms with E-state index in [1.54, 1.807) is 0 Å². The van der Waals surface area contributed by atoms with Crippen molar-refractivity contribution in [3.8, 4) is 0 Å². The van der Waals surface area contributed by atoms with Crippen molar-refractivity contribution in [3.05, 3.63) is 5.82 Å². The Balaban J connectivity index is 2.03. The maximum absolute atomic E-state index is 12.2. The highest BCUT2D eigenvalue weighted by molar-refractivity contribution is 7.09. The molecule has 2 rings (SSSR count). The smallest absolute Gasteiger partial charge is 0.357 e. The summed E-state index contributed by atoms with van der Waals surface area (Å²) in [6.45, 7) is 4.10. The number of nitrogens with zero attached hydrogens (tertiary/aromatic N) is 2. The van der Waals surface area contributed by atoms with E-state index in [9.17, 15) is 13.2 Å². The molecule has 15 heavy (non-hydrogen) atoms. The molecule has 1 fully saturated rings. The fourth-order valence-electron chi connectivity index (χ4n) is 1.26. The molecular formula is C8H10F3N3S. The van der Waals surface area contributed by atoms with Crippen LogP contribution >= 0.6 is 11.5 Å². The summed E-state index contributed by atoms with van der Waals surface area (Å²) in [5.74, 6) is -1.06. The second-order valence-corrected chi connectivity index (χ2v) is 5.06. The van der Waals surface area contributed by atoms with E-state index in [2.05, 4.69) is 28.5 Å². The van der Waals surface area contributed by atoms with Crippen molar-refractivity contribution in [2.75, 3.05) is 5.32 Å². The Morgan fingerprint density at radius 3 is 2.47 bits per heavy atom. The highest BCUT2D eigenvalue weighted by Crippen LogP contribution is 2.46. The van der Waals surface area contributed by atoms with E-state index < -0.39 is 12.0 Å². The Morgan fingerprint density at radius 2 is 2.07 bits per heavy atom. The number of hydrogen-bond donors (Lipinski definition) is 1. The highest BCUT2D eigenvalue weighted by Gasteiger charge is 2.46. The van der Waals surface area contributed by atoms with E-state index in [-0.39, 0.29) is 16.6 Å². The predicted octanol–water partition coefficient (Wildman–Crippen LogP) is 2.77. The first-order chi connectivity index (χ1) is 6.79. The molecule has 0 spiro atoms. The molecule has 0 bridgehead atoms.